The van der Waals surface area contributed by atoms with Crippen LogP contribution >= 0.6 is 22.7 Å². The van der Waals surface area contributed by atoms with Crippen molar-refractivity contribution in [2.45, 2.75) is 9.46 Å². The Morgan fingerprint density at radius 1 is 1.08 bits per heavy atom. The van der Waals surface area contributed by atoms with E-state index in [0.29, 0.717) is 18.0 Å². The molecule has 0 spiro atoms. The first kappa shape index (κ1) is 20.6. The number of likely N-dealkylation sites (N-methyl/N-ethyl adjacent to an activating group) is 1. The summed E-state index contributed by atoms with van der Waals surface area (Å²) in [5.74, 6) is -1.61. The van der Waals surface area contributed by atoms with E-state index in [9.17, 15) is 18.0 Å². The Hall–Kier alpha value is -1.75. The second-order valence-corrected chi connectivity index (χ2v) is 10.0. The molecule has 0 aromatic carbocycles. The van der Waals surface area contributed by atoms with E-state index in [2.05, 4.69) is 10.6 Å². The van der Waals surface area contributed by atoms with Crippen molar-refractivity contribution in [2.24, 2.45) is 0 Å². The number of sulfone groups is 1. The maximum absolute atomic E-state index is 12.9. The minimum Gasteiger partial charge on any atom is -0.347 e. The van der Waals surface area contributed by atoms with Crippen LogP contribution in [0.5, 0.6) is 0 Å². The standard InChI is InChI=1S/C16H21N3O4S3/c1-19(2)8-7-17-15(20)16(21)18-11-13(12-5-3-9-24-12)26(22,23)14-6-4-10-25-14/h3-6,9-10,13H,7-8,11H2,1-2H3,(H,17,20)(H,18,21). The van der Waals surface area contributed by atoms with E-state index >= 15 is 0 Å². The fraction of sp³-hybridized carbons (Fsp3) is 0.375. The number of amides is 2. The van der Waals surface area contributed by atoms with Gasteiger partial charge in [0.05, 0.1) is 0 Å². The highest BCUT2D eigenvalue weighted by Crippen LogP contribution is 2.33. The average Bonchev–Trinajstić information content (AvgIpc) is 3.28. The lowest BCUT2D eigenvalue weighted by Crippen LogP contribution is -2.43. The Morgan fingerprint density at radius 2 is 1.73 bits per heavy atom. The van der Waals surface area contributed by atoms with Gasteiger partial charge in [0.2, 0.25) is 0 Å². The van der Waals surface area contributed by atoms with Gasteiger partial charge in [-0.1, -0.05) is 12.1 Å². The minimum absolute atomic E-state index is 0.166. The molecular weight excluding hydrogens is 394 g/mol. The molecule has 0 bridgehead atoms. The van der Waals surface area contributed by atoms with E-state index in [4.69, 9.17) is 0 Å². The Kier molecular flexibility index (Phi) is 7.33. The van der Waals surface area contributed by atoms with Crippen molar-refractivity contribution in [3.63, 3.8) is 0 Å². The molecule has 0 saturated heterocycles. The highest BCUT2D eigenvalue weighted by Gasteiger charge is 2.31. The summed E-state index contributed by atoms with van der Waals surface area (Å²) in [6.07, 6.45) is 0. The summed E-state index contributed by atoms with van der Waals surface area (Å²) >= 11 is 2.43. The lowest BCUT2D eigenvalue weighted by molar-refractivity contribution is -0.139. The van der Waals surface area contributed by atoms with Crippen LogP contribution in [0.2, 0.25) is 0 Å². The van der Waals surface area contributed by atoms with Gasteiger partial charge < -0.3 is 15.5 Å². The van der Waals surface area contributed by atoms with E-state index in [1.54, 1.807) is 29.0 Å². The molecule has 2 heterocycles. The predicted molar refractivity (Wildman–Crippen MR) is 103 cm³/mol. The van der Waals surface area contributed by atoms with E-state index < -0.39 is 26.9 Å². The van der Waals surface area contributed by atoms with Crippen molar-refractivity contribution in [1.29, 1.82) is 0 Å². The van der Waals surface area contributed by atoms with Crippen LogP contribution in [0.1, 0.15) is 10.1 Å². The first-order valence-corrected chi connectivity index (χ1v) is 11.1. The van der Waals surface area contributed by atoms with E-state index in [1.165, 1.54) is 17.4 Å². The Morgan fingerprint density at radius 3 is 2.31 bits per heavy atom. The summed E-state index contributed by atoms with van der Waals surface area (Å²) in [5.41, 5.74) is 0. The van der Waals surface area contributed by atoms with Gasteiger partial charge in [-0.25, -0.2) is 8.42 Å². The normalized spacial score (nSPS) is 12.7. The van der Waals surface area contributed by atoms with Gasteiger partial charge in [0.1, 0.15) is 9.46 Å². The quantitative estimate of drug-likeness (QED) is 0.630. The lowest BCUT2D eigenvalue weighted by atomic mass is 10.3. The van der Waals surface area contributed by atoms with Crippen LogP contribution in [-0.4, -0.2) is 58.9 Å². The van der Waals surface area contributed by atoms with Crippen molar-refractivity contribution in [3.8, 4) is 0 Å². The molecule has 1 atom stereocenters. The van der Waals surface area contributed by atoms with Crippen LogP contribution < -0.4 is 10.6 Å². The Balaban J connectivity index is 2.05. The smallest absolute Gasteiger partial charge is 0.309 e. The summed E-state index contributed by atoms with van der Waals surface area (Å²) in [6.45, 7) is 0.769. The van der Waals surface area contributed by atoms with Crippen molar-refractivity contribution in [2.75, 3.05) is 33.7 Å². The van der Waals surface area contributed by atoms with Crippen LogP contribution in [-0.2, 0) is 19.4 Å². The second kappa shape index (κ2) is 9.26. The molecule has 0 fully saturated rings. The third kappa shape index (κ3) is 5.37. The minimum atomic E-state index is -3.65. The highest BCUT2D eigenvalue weighted by atomic mass is 32.2. The average molecular weight is 416 g/mol. The number of carbonyl (C=O) groups excluding carboxylic acids is 2. The molecule has 2 rings (SSSR count). The number of hydrogen-bond donors (Lipinski definition) is 2. The molecule has 0 radical (unpaired) electrons. The summed E-state index contributed by atoms with van der Waals surface area (Å²) in [6, 6.07) is 6.67. The van der Waals surface area contributed by atoms with Crippen LogP contribution in [0.15, 0.2) is 39.2 Å². The van der Waals surface area contributed by atoms with Gasteiger partial charge in [-0.3, -0.25) is 9.59 Å². The number of carbonyl (C=O) groups is 2. The fourth-order valence-electron chi connectivity index (χ4n) is 2.14. The SMILES string of the molecule is CN(C)CCNC(=O)C(=O)NCC(c1cccs1)S(=O)(=O)c1cccs1. The van der Waals surface area contributed by atoms with Crippen LogP contribution in [0.4, 0.5) is 0 Å². The summed E-state index contributed by atoms with van der Waals surface area (Å²) in [7, 11) is 0.0545. The van der Waals surface area contributed by atoms with E-state index in [-0.39, 0.29) is 10.8 Å². The largest absolute Gasteiger partial charge is 0.347 e. The Bertz CT molecular complexity index is 815. The Labute approximate surface area is 160 Å². The first-order valence-electron chi connectivity index (χ1n) is 7.84. The van der Waals surface area contributed by atoms with Crippen LogP contribution in [0.25, 0.3) is 0 Å². The van der Waals surface area contributed by atoms with Gasteiger partial charge in [0.15, 0.2) is 9.84 Å². The fourth-order valence-corrected chi connectivity index (χ4v) is 6.13. The molecule has 0 aliphatic heterocycles. The summed E-state index contributed by atoms with van der Waals surface area (Å²) < 4.78 is 26.0. The zero-order chi connectivity index (χ0) is 19.2. The molecule has 2 aromatic heterocycles. The third-order valence-electron chi connectivity index (χ3n) is 3.51. The van der Waals surface area contributed by atoms with Crippen LogP contribution in [0.3, 0.4) is 0 Å². The lowest BCUT2D eigenvalue weighted by Gasteiger charge is -2.16. The first-order chi connectivity index (χ1) is 12.3. The van der Waals surface area contributed by atoms with Gasteiger partial charge in [-0.05, 0) is 37.0 Å². The number of rotatable bonds is 8. The summed E-state index contributed by atoms with van der Waals surface area (Å²) in [4.78, 5) is 26.3. The van der Waals surface area contributed by atoms with Gasteiger partial charge in [0, 0.05) is 24.5 Å². The topological polar surface area (TPSA) is 95.6 Å². The molecule has 26 heavy (non-hydrogen) atoms. The van der Waals surface area contributed by atoms with Crippen molar-refractivity contribution in [3.05, 3.63) is 39.9 Å². The van der Waals surface area contributed by atoms with E-state index in [1.807, 2.05) is 19.0 Å². The molecular formula is C16H21N3O4S3. The van der Waals surface area contributed by atoms with Gasteiger partial charge >= 0.3 is 11.8 Å². The van der Waals surface area contributed by atoms with Gasteiger partial charge in [-0.15, -0.1) is 22.7 Å². The van der Waals surface area contributed by atoms with Crippen LogP contribution in [0, 0.1) is 0 Å². The molecule has 10 heteroatoms. The third-order valence-corrected chi connectivity index (χ3v) is 8.16. The van der Waals surface area contributed by atoms with Crippen molar-refractivity contribution in [1.82, 2.24) is 15.5 Å². The van der Waals surface area contributed by atoms with E-state index in [0.717, 1.165) is 11.3 Å². The molecule has 1 unspecified atom stereocenters. The zero-order valence-corrected chi connectivity index (χ0v) is 16.9. The summed E-state index contributed by atoms with van der Waals surface area (Å²) in [5, 5.41) is 7.48. The monoisotopic (exact) mass is 415 g/mol. The predicted octanol–water partition coefficient (Wildman–Crippen LogP) is 1.12. The second-order valence-electron chi connectivity index (χ2n) is 5.75. The number of hydrogen-bond acceptors (Lipinski definition) is 7. The number of nitrogens with one attached hydrogen (secondary N) is 2. The molecule has 0 saturated carbocycles. The highest BCUT2D eigenvalue weighted by molar-refractivity contribution is 7.93. The van der Waals surface area contributed by atoms with Crippen molar-refractivity contribution >= 4 is 44.3 Å². The van der Waals surface area contributed by atoms with Gasteiger partial charge in [-0.2, -0.15) is 0 Å². The molecule has 7 nitrogen and oxygen atoms in total. The molecule has 142 valence electrons. The number of nitrogens with zero attached hydrogens (tertiary/aromatic N) is 1. The maximum atomic E-state index is 12.9. The van der Waals surface area contributed by atoms with Gasteiger partial charge in [0.25, 0.3) is 0 Å². The molecule has 2 amide bonds. The molecule has 2 aromatic rings. The molecule has 2 N–H and O–H groups in total. The molecule has 0 aliphatic carbocycles. The van der Waals surface area contributed by atoms with Crippen molar-refractivity contribution < 1.29 is 18.0 Å². The molecule has 0 aliphatic rings. The zero-order valence-electron chi connectivity index (χ0n) is 14.5. The number of thiophene rings is 2. The maximum Gasteiger partial charge on any atom is 0.309 e.